The molecule has 0 aliphatic carbocycles. The van der Waals surface area contributed by atoms with Gasteiger partial charge in [-0.25, -0.2) is 4.98 Å². The van der Waals surface area contributed by atoms with Crippen LogP contribution >= 0.6 is 24.8 Å². The lowest BCUT2D eigenvalue weighted by Crippen LogP contribution is -2.45. The van der Waals surface area contributed by atoms with Crippen molar-refractivity contribution in [3.63, 3.8) is 0 Å². The number of nitrogens with one attached hydrogen (secondary N) is 1. The second-order valence-electron chi connectivity index (χ2n) is 5.08. The van der Waals surface area contributed by atoms with E-state index in [1.165, 1.54) is 24.8 Å². The molecule has 21 heavy (non-hydrogen) atoms. The topological polar surface area (TPSA) is 37.4 Å². The number of hydrogen-bond donors (Lipinski definition) is 1. The second kappa shape index (κ2) is 11.1. The van der Waals surface area contributed by atoms with Gasteiger partial charge in [-0.3, -0.25) is 4.90 Å². The number of aromatic nitrogens is 1. The van der Waals surface area contributed by atoms with Gasteiger partial charge in [0.1, 0.15) is 0 Å². The first kappa shape index (κ1) is 20.5. The van der Waals surface area contributed by atoms with Crippen molar-refractivity contribution >= 4 is 24.8 Å². The van der Waals surface area contributed by atoms with Crippen LogP contribution in [0.15, 0.2) is 18.3 Å². The van der Waals surface area contributed by atoms with Crippen LogP contribution in [0.2, 0.25) is 0 Å². The van der Waals surface area contributed by atoms with Crippen molar-refractivity contribution in [1.82, 2.24) is 15.2 Å². The molecule has 0 unspecified atom stereocenters. The van der Waals surface area contributed by atoms with Gasteiger partial charge in [-0.2, -0.15) is 0 Å². The summed E-state index contributed by atoms with van der Waals surface area (Å²) in [4.78, 5) is 6.94. The lowest BCUT2D eigenvalue weighted by molar-refractivity contribution is 0.163. The molecule has 1 aliphatic rings. The van der Waals surface area contributed by atoms with E-state index < -0.39 is 0 Å². The van der Waals surface area contributed by atoms with Gasteiger partial charge in [-0.1, -0.05) is 25.8 Å². The molecule has 1 atom stereocenters. The van der Waals surface area contributed by atoms with Crippen LogP contribution in [-0.4, -0.2) is 43.2 Å². The summed E-state index contributed by atoms with van der Waals surface area (Å²) in [5, 5.41) is 3.42. The predicted octanol–water partition coefficient (Wildman–Crippen LogP) is 3.07. The molecule has 1 N–H and O–H groups in total. The monoisotopic (exact) mass is 335 g/mol. The molecule has 1 fully saturated rings. The Bertz CT molecular complexity index is 370. The zero-order valence-electron chi connectivity index (χ0n) is 12.9. The molecule has 1 aromatic rings. The Morgan fingerprint density at radius 1 is 1.29 bits per heavy atom. The minimum absolute atomic E-state index is 0. The number of halogens is 2. The lowest BCUT2D eigenvalue weighted by Gasteiger charge is -2.35. The number of nitrogens with zero attached hydrogens (tertiary/aromatic N) is 2. The van der Waals surface area contributed by atoms with Crippen molar-refractivity contribution in [3.8, 4) is 5.88 Å². The summed E-state index contributed by atoms with van der Waals surface area (Å²) in [5.41, 5.74) is 1.32. The Hall–Kier alpha value is -0.550. The minimum atomic E-state index is 0. The largest absolute Gasteiger partial charge is 0.481 e. The first-order chi connectivity index (χ1) is 9.35. The zero-order chi connectivity index (χ0) is 13.5. The van der Waals surface area contributed by atoms with Crippen LogP contribution in [0, 0.1) is 0 Å². The second-order valence-corrected chi connectivity index (χ2v) is 5.08. The van der Waals surface area contributed by atoms with Crippen LogP contribution in [0.1, 0.15) is 37.8 Å². The number of piperazine rings is 1. The number of pyridine rings is 1. The fourth-order valence-corrected chi connectivity index (χ4v) is 2.66. The van der Waals surface area contributed by atoms with E-state index in [-0.39, 0.29) is 24.8 Å². The quantitative estimate of drug-likeness (QED) is 0.866. The smallest absolute Gasteiger partial charge is 0.212 e. The number of rotatable bonds is 6. The maximum atomic E-state index is 5.14. The first-order valence-electron chi connectivity index (χ1n) is 7.30. The van der Waals surface area contributed by atoms with Gasteiger partial charge < -0.3 is 10.1 Å². The molecule has 0 aromatic carbocycles. The maximum absolute atomic E-state index is 5.14. The highest BCUT2D eigenvalue weighted by atomic mass is 35.5. The fourth-order valence-electron chi connectivity index (χ4n) is 2.66. The van der Waals surface area contributed by atoms with Gasteiger partial charge >= 0.3 is 0 Å². The van der Waals surface area contributed by atoms with E-state index in [0.717, 1.165) is 26.2 Å². The molecular weight excluding hydrogens is 309 g/mol. The summed E-state index contributed by atoms with van der Waals surface area (Å²) in [6.45, 7) is 6.68. The highest BCUT2D eigenvalue weighted by Crippen LogP contribution is 2.27. The Morgan fingerprint density at radius 3 is 2.52 bits per heavy atom. The molecule has 1 aromatic heterocycles. The zero-order valence-corrected chi connectivity index (χ0v) is 14.5. The molecule has 0 bridgehead atoms. The van der Waals surface area contributed by atoms with Crippen molar-refractivity contribution in [3.05, 3.63) is 23.9 Å². The van der Waals surface area contributed by atoms with Crippen LogP contribution in [0.5, 0.6) is 5.88 Å². The van der Waals surface area contributed by atoms with Crippen molar-refractivity contribution in [1.29, 1.82) is 0 Å². The van der Waals surface area contributed by atoms with Gasteiger partial charge in [0.05, 0.1) is 7.11 Å². The van der Waals surface area contributed by atoms with E-state index in [4.69, 9.17) is 4.74 Å². The lowest BCUT2D eigenvalue weighted by atomic mass is 10.0. The molecule has 6 heteroatoms. The Kier molecular flexibility index (Phi) is 10.8. The van der Waals surface area contributed by atoms with Crippen LogP contribution < -0.4 is 10.1 Å². The predicted molar refractivity (Wildman–Crippen MR) is 92.0 cm³/mol. The van der Waals surface area contributed by atoms with Crippen molar-refractivity contribution in [2.75, 3.05) is 33.3 Å². The Balaban J connectivity index is 0.00000200. The third-order valence-electron chi connectivity index (χ3n) is 3.78. The van der Waals surface area contributed by atoms with Crippen molar-refractivity contribution in [2.24, 2.45) is 0 Å². The molecule has 0 saturated carbocycles. The molecular formula is C15H27Cl2N3O. The molecule has 122 valence electrons. The van der Waals surface area contributed by atoms with E-state index in [1.54, 1.807) is 7.11 Å². The summed E-state index contributed by atoms with van der Waals surface area (Å²) >= 11 is 0. The summed E-state index contributed by atoms with van der Waals surface area (Å²) < 4.78 is 5.14. The van der Waals surface area contributed by atoms with E-state index >= 15 is 0 Å². The molecule has 1 saturated heterocycles. The Labute approximate surface area is 140 Å². The summed E-state index contributed by atoms with van der Waals surface area (Å²) in [6, 6.07) is 4.63. The van der Waals surface area contributed by atoms with Crippen molar-refractivity contribution in [2.45, 2.75) is 32.2 Å². The van der Waals surface area contributed by atoms with Gasteiger partial charge in [-0.15, -0.1) is 24.8 Å². The summed E-state index contributed by atoms with van der Waals surface area (Å²) in [5.74, 6) is 0.693. The van der Waals surface area contributed by atoms with Gasteiger partial charge in [0.2, 0.25) is 5.88 Å². The average Bonchev–Trinajstić information content (AvgIpc) is 2.49. The van der Waals surface area contributed by atoms with E-state index in [0.29, 0.717) is 11.9 Å². The molecule has 0 amide bonds. The molecule has 2 heterocycles. The van der Waals surface area contributed by atoms with Gasteiger partial charge in [-0.05, 0) is 12.0 Å². The molecule has 2 rings (SSSR count). The van der Waals surface area contributed by atoms with E-state index in [2.05, 4.69) is 28.2 Å². The third kappa shape index (κ3) is 5.99. The van der Waals surface area contributed by atoms with Crippen LogP contribution in [0.3, 0.4) is 0 Å². The van der Waals surface area contributed by atoms with Gasteiger partial charge in [0.15, 0.2) is 0 Å². The maximum Gasteiger partial charge on any atom is 0.212 e. The standard InChI is InChI=1S/C15H25N3O.2ClH/c1-3-4-5-14(18-10-8-16-9-11-18)13-6-7-15(19-2)17-12-13;;/h6-7,12,14,16H,3-5,8-11H2,1-2H3;2*1H/t14-;;/m1../s1. The Morgan fingerprint density at radius 2 is 2.00 bits per heavy atom. The average molecular weight is 336 g/mol. The highest BCUT2D eigenvalue weighted by molar-refractivity contribution is 5.85. The molecule has 0 radical (unpaired) electrons. The van der Waals surface area contributed by atoms with E-state index in [1.807, 2.05) is 12.3 Å². The van der Waals surface area contributed by atoms with Crippen LogP contribution in [0.4, 0.5) is 0 Å². The summed E-state index contributed by atoms with van der Waals surface area (Å²) in [6.07, 6.45) is 5.69. The third-order valence-corrected chi connectivity index (χ3v) is 3.78. The number of methoxy groups -OCH3 is 1. The molecule has 4 nitrogen and oxygen atoms in total. The van der Waals surface area contributed by atoms with Crippen molar-refractivity contribution < 1.29 is 4.74 Å². The van der Waals surface area contributed by atoms with Crippen LogP contribution in [-0.2, 0) is 0 Å². The number of ether oxygens (including phenoxy) is 1. The normalized spacial score (nSPS) is 16.5. The number of hydrogen-bond acceptors (Lipinski definition) is 4. The van der Waals surface area contributed by atoms with Crippen LogP contribution in [0.25, 0.3) is 0 Å². The van der Waals surface area contributed by atoms with E-state index in [9.17, 15) is 0 Å². The molecule has 1 aliphatic heterocycles. The van der Waals surface area contributed by atoms with Gasteiger partial charge in [0, 0.05) is 44.5 Å². The number of unbranched alkanes of at least 4 members (excludes halogenated alkanes) is 1. The minimum Gasteiger partial charge on any atom is -0.481 e. The molecule has 0 spiro atoms. The highest BCUT2D eigenvalue weighted by Gasteiger charge is 2.21. The van der Waals surface area contributed by atoms with Gasteiger partial charge in [0.25, 0.3) is 0 Å². The SMILES string of the molecule is CCCC[C@H](c1ccc(OC)nc1)N1CCNCC1.Cl.Cl. The summed E-state index contributed by atoms with van der Waals surface area (Å²) in [7, 11) is 1.66. The fraction of sp³-hybridized carbons (Fsp3) is 0.667. The first-order valence-corrected chi connectivity index (χ1v) is 7.30.